The third-order valence-electron chi connectivity index (χ3n) is 3.46. The summed E-state index contributed by atoms with van der Waals surface area (Å²) < 4.78 is 4.04. The largest absolute Gasteiger partial charge is 0.346 e. The second kappa shape index (κ2) is 5.80. The molecule has 0 saturated heterocycles. The van der Waals surface area contributed by atoms with Gasteiger partial charge in [-0.05, 0) is 24.6 Å². The van der Waals surface area contributed by atoms with Crippen molar-refractivity contribution in [3.8, 4) is 0 Å². The highest BCUT2D eigenvalue weighted by Gasteiger charge is 2.15. The number of hydrogen-bond donors (Lipinski definition) is 1. The zero-order valence-corrected chi connectivity index (χ0v) is 12.6. The quantitative estimate of drug-likeness (QED) is 0.914. The maximum Gasteiger partial charge on any atom is 0.129 e. The monoisotopic (exact) mass is 280 g/mol. The molecule has 1 atom stereocenters. The van der Waals surface area contributed by atoms with Crippen LogP contribution in [0.4, 0.5) is 0 Å². The van der Waals surface area contributed by atoms with Crippen molar-refractivity contribution in [3.63, 3.8) is 0 Å². The molecule has 0 saturated carbocycles. The van der Waals surface area contributed by atoms with Gasteiger partial charge in [-0.25, -0.2) is 4.98 Å². The molecule has 0 aliphatic rings. The van der Waals surface area contributed by atoms with Crippen molar-refractivity contribution in [2.75, 3.05) is 7.05 Å². The van der Waals surface area contributed by atoms with Crippen molar-refractivity contribution >= 4 is 11.6 Å². The molecule has 0 aliphatic carbocycles. The van der Waals surface area contributed by atoms with E-state index in [-0.39, 0.29) is 0 Å². The van der Waals surface area contributed by atoms with Gasteiger partial charge in [-0.2, -0.15) is 0 Å². The molecule has 0 aromatic carbocycles. The Kier molecular flexibility index (Phi) is 4.32. The Labute approximate surface area is 119 Å². The Morgan fingerprint density at radius 3 is 2.68 bits per heavy atom. The molecule has 0 fully saturated rings. The fraction of sp³-hybridized carbons (Fsp3) is 0.500. The van der Waals surface area contributed by atoms with E-state index in [0.717, 1.165) is 12.4 Å². The fourth-order valence-corrected chi connectivity index (χ4v) is 2.51. The van der Waals surface area contributed by atoms with E-state index < -0.39 is 0 Å². The van der Waals surface area contributed by atoms with Crippen LogP contribution in [0.5, 0.6) is 0 Å². The Bertz CT molecular complexity index is 541. The lowest BCUT2D eigenvalue weighted by Crippen LogP contribution is -2.21. The highest BCUT2D eigenvalue weighted by Crippen LogP contribution is 2.21. The summed E-state index contributed by atoms with van der Waals surface area (Å²) in [4.78, 5) is 4.31. The highest BCUT2D eigenvalue weighted by atomic mass is 35.5. The Hall–Kier alpha value is -1.26. The van der Waals surface area contributed by atoms with Gasteiger partial charge in [0.05, 0.1) is 12.7 Å². The molecule has 2 heterocycles. The van der Waals surface area contributed by atoms with Crippen LogP contribution >= 0.6 is 11.6 Å². The summed E-state index contributed by atoms with van der Waals surface area (Å²) in [6.07, 6.45) is 5.94. The maximum atomic E-state index is 6.00. The van der Waals surface area contributed by atoms with Crippen LogP contribution in [0.2, 0.25) is 5.15 Å². The summed E-state index contributed by atoms with van der Waals surface area (Å²) in [5, 5.41) is 4.02. The fourth-order valence-electron chi connectivity index (χ4n) is 2.36. The van der Waals surface area contributed by atoms with Crippen LogP contribution in [0.1, 0.15) is 31.3 Å². The lowest BCUT2D eigenvalue weighted by atomic mass is 9.99. The van der Waals surface area contributed by atoms with E-state index in [1.54, 1.807) is 6.20 Å². The van der Waals surface area contributed by atoms with Gasteiger partial charge >= 0.3 is 0 Å². The molecule has 19 heavy (non-hydrogen) atoms. The van der Waals surface area contributed by atoms with Crippen LogP contribution in [0.15, 0.2) is 24.7 Å². The summed E-state index contributed by atoms with van der Waals surface area (Å²) in [7, 11) is 3.93. The summed E-state index contributed by atoms with van der Waals surface area (Å²) in [5.41, 5.74) is 1.30. The normalized spacial score (nSPS) is 13.2. The molecule has 0 bridgehead atoms. The molecule has 2 aromatic rings. The summed E-state index contributed by atoms with van der Waals surface area (Å²) in [6, 6.07) is 2.54. The first-order valence-corrected chi connectivity index (χ1v) is 6.89. The highest BCUT2D eigenvalue weighted by molar-refractivity contribution is 6.29. The molecule has 2 aromatic heterocycles. The van der Waals surface area contributed by atoms with Crippen LogP contribution in [0.25, 0.3) is 0 Å². The van der Waals surface area contributed by atoms with Gasteiger partial charge in [-0.3, -0.25) is 0 Å². The van der Waals surface area contributed by atoms with Crippen molar-refractivity contribution in [1.29, 1.82) is 0 Å². The second-order valence-electron chi connectivity index (χ2n) is 5.18. The number of rotatable bonds is 5. The van der Waals surface area contributed by atoms with Gasteiger partial charge in [0.25, 0.3) is 0 Å². The molecular formula is C14H21ClN4. The van der Waals surface area contributed by atoms with Crippen molar-refractivity contribution in [2.24, 2.45) is 13.0 Å². The molecule has 4 nitrogen and oxygen atoms in total. The molecule has 0 spiro atoms. The molecule has 104 valence electrons. The first-order chi connectivity index (χ1) is 9.02. The van der Waals surface area contributed by atoms with Crippen LogP contribution in [-0.2, 0) is 13.6 Å². The van der Waals surface area contributed by atoms with Crippen molar-refractivity contribution < 1.29 is 0 Å². The minimum Gasteiger partial charge on any atom is -0.346 e. The van der Waals surface area contributed by atoms with Gasteiger partial charge in [-0.1, -0.05) is 25.4 Å². The molecular weight excluding hydrogens is 260 g/mol. The van der Waals surface area contributed by atoms with Gasteiger partial charge in [-0.15, -0.1) is 0 Å². The maximum absolute atomic E-state index is 6.00. The van der Waals surface area contributed by atoms with Crippen LogP contribution < -0.4 is 5.32 Å². The number of halogens is 1. The average Bonchev–Trinajstić information content (AvgIpc) is 2.92. The number of nitrogens with zero attached hydrogens (tertiary/aromatic N) is 3. The second-order valence-corrected chi connectivity index (χ2v) is 5.57. The smallest absolute Gasteiger partial charge is 0.129 e. The van der Waals surface area contributed by atoms with E-state index >= 15 is 0 Å². The third kappa shape index (κ3) is 3.01. The zero-order chi connectivity index (χ0) is 14.0. The van der Waals surface area contributed by atoms with E-state index in [1.807, 2.05) is 18.7 Å². The average molecular weight is 281 g/mol. The molecule has 5 heteroatoms. The first-order valence-electron chi connectivity index (χ1n) is 6.52. The predicted molar refractivity (Wildman–Crippen MR) is 78.4 cm³/mol. The van der Waals surface area contributed by atoms with Crippen molar-refractivity contribution in [2.45, 2.75) is 26.4 Å². The van der Waals surface area contributed by atoms with Crippen molar-refractivity contribution in [1.82, 2.24) is 19.4 Å². The Balaban J connectivity index is 2.15. The molecule has 1 N–H and O–H groups in total. The minimum atomic E-state index is 0.381. The van der Waals surface area contributed by atoms with E-state index in [2.05, 4.69) is 47.2 Å². The van der Waals surface area contributed by atoms with Gasteiger partial charge in [0.2, 0.25) is 0 Å². The molecule has 0 radical (unpaired) electrons. The van der Waals surface area contributed by atoms with E-state index in [9.17, 15) is 0 Å². The number of imidazole rings is 1. The van der Waals surface area contributed by atoms with Gasteiger partial charge in [0.1, 0.15) is 11.0 Å². The minimum absolute atomic E-state index is 0.381. The Morgan fingerprint density at radius 1 is 1.42 bits per heavy atom. The number of aromatic nitrogens is 3. The summed E-state index contributed by atoms with van der Waals surface area (Å²) >= 11 is 6.00. The van der Waals surface area contributed by atoms with E-state index in [1.165, 1.54) is 5.56 Å². The molecule has 1 unspecified atom stereocenters. The molecule has 0 amide bonds. The molecule has 0 aliphatic heterocycles. The van der Waals surface area contributed by atoms with E-state index in [0.29, 0.717) is 17.1 Å². The van der Waals surface area contributed by atoms with E-state index in [4.69, 9.17) is 11.6 Å². The van der Waals surface area contributed by atoms with Crippen LogP contribution in [0, 0.1) is 5.92 Å². The summed E-state index contributed by atoms with van der Waals surface area (Å²) in [6.45, 7) is 5.17. The van der Waals surface area contributed by atoms with Crippen LogP contribution in [-0.4, -0.2) is 21.2 Å². The van der Waals surface area contributed by atoms with Crippen LogP contribution in [0.3, 0.4) is 0 Å². The standard InChI is InChI=1S/C14H21ClN4/c1-10(2)14(16-3)11-5-6-19(8-11)9-13-17-7-12(15)18(13)4/h5-8,10,14,16H,9H2,1-4H3. The molecule has 2 rings (SSSR count). The summed E-state index contributed by atoms with van der Waals surface area (Å²) in [5.74, 6) is 1.51. The number of hydrogen-bond acceptors (Lipinski definition) is 2. The van der Waals surface area contributed by atoms with Gasteiger partial charge in [0, 0.05) is 25.5 Å². The van der Waals surface area contributed by atoms with Gasteiger partial charge < -0.3 is 14.5 Å². The van der Waals surface area contributed by atoms with Crippen molar-refractivity contribution in [3.05, 3.63) is 41.2 Å². The van der Waals surface area contributed by atoms with Gasteiger partial charge in [0.15, 0.2) is 0 Å². The lowest BCUT2D eigenvalue weighted by Gasteiger charge is -2.18. The SMILES string of the molecule is CNC(c1ccn(Cc2ncc(Cl)n2C)c1)C(C)C. The zero-order valence-electron chi connectivity index (χ0n) is 11.9. The number of nitrogens with one attached hydrogen (secondary N) is 1. The lowest BCUT2D eigenvalue weighted by molar-refractivity contribution is 0.442. The third-order valence-corrected chi connectivity index (χ3v) is 3.81. The predicted octanol–water partition coefficient (Wildman–Crippen LogP) is 2.84. The topological polar surface area (TPSA) is 34.8 Å². The first kappa shape index (κ1) is 14.2. The Morgan fingerprint density at radius 2 is 2.16 bits per heavy atom.